The Labute approximate surface area is 65.6 Å². The van der Waals surface area contributed by atoms with Gasteiger partial charge in [-0.1, -0.05) is 0 Å². The maximum Gasteiger partial charge on any atom is 0.243 e. The zero-order chi connectivity index (χ0) is 8.43. The van der Waals surface area contributed by atoms with Gasteiger partial charge in [-0.3, -0.25) is 19.8 Å². The van der Waals surface area contributed by atoms with E-state index in [1.165, 1.54) is 0 Å². The average molecular weight is 156 g/mol. The second-order valence-corrected chi connectivity index (χ2v) is 2.93. The third-order valence-electron chi connectivity index (χ3n) is 1.83. The molecule has 0 unspecified atom stereocenters. The molecule has 11 heavy (non-hydrogen) atoms. The molecule has 0 radical (unpaired) electrons. The van der Waals surface area contributed by atoms with Crippen molar-refractivity contribution in [3.05, 3.63) is 0 Å². The molecule has 1 aliphatic rings. The summed E-state index contributed by atoms with van der Waals surface area (Å²) in [6, 6.07) is -0.132. The van der Waals surface area contributed by atoms with Crippen LogP contribution in [0, 0.1) is 0 Å². The molecule has 0 aromatic heterocycles. The van der Waals surface area contributed by atoms with Crippen LogP contribution in [0.3, 0.4) is 0 Å². The number of hydrogen-bond donors (Lipinski definition) is 1. The van der Waals surface area contributed by atoms with Crippen LogP contribution in [-0.4, -0.2) is 36.9 Å². The van der Waals surface area contributed by atoms with Crippen molar-refractivity contribution in [2.75, 3.05) is 14.1 Å². The Morgan fingerprint density at radius 1 is 1.45 bits per heavy atom. The van der Waals surface area contributed by atoms with E-state index in [-0.39, 0.29) is 17.9 Å². The van der Waals surface area contributed by atoms with Crippen LogP contribution < -0.4 is 5.32 Å². The lowest BCUT2D eigenvalue weighted by Crippen LogP contribution is -2.50. The third kappa shape index (κ3) is 1.77. The Kier molecular flexibility index (Phi) is 2.24. The number of nitrogens with one attached hydrogen (secondary N) is 1. The fourth-order valence-corrected chi connectivity index (χ4v) is 1.17. The van der Waals surface area contributed by atoms with Gasteiger partial charge in [-0.2, -0.15) is 0 Å². The summed E-state index contributed by atoms with van der Waals surface area (Å²) in [4.78, 5) is 23.6. The van der Waals surface area contributed by atoms with E-state index in [1.54, 1.807) is 0 Å². The van der Waals surface area contributed by atoms with Gasteiger partial charge in [-0.15, -0.1) is 0 Å². The summed E-state index contributed by atoms with van der Waals surface area (Å²) in [6.07, 6.45) is 1.09. The van der Waals surface area contributed by atoms with Crippen LogP contribution >= 0.6 is 0 Å². The highest BCUT2D eigenvalue weighted by Gasteiger charge is 2.27. The molecular weight excluding hydrogens is 144 g/mol. The summed E-state index contributed by atoms with van der Waals surface area (Å²) < 4.78 is 0. The molecule has 1 atom stereocenters. The normalized spacial score (nSPS) is 25.5. The van der Waals surface area contributed by atoms with Gasteiger partial charge in [0.25, 0.3) is 0 Å². The molecule has 0 aromatic carbocycles. The first-order valence-electron chi connectivity index (χ1n) is 3.61. The molecule has 62 valence electrons. The SMILES string of the molecule is CN(C)[C@H]1CCC(=O)NC1=O. The van der Waals surface area contributed by atoms with E-state index < -0.39 is 0 Å². The summed E-state index contributed by atoms with van der Waals surface area (Å²) in [7, 11) is 3.67. The molecular formula is C7H12N2O2. The van der Waals surface area contributed by atoms with Gasteiger partial charge >= 0.3 is 0 Å². The molecule has 4 heteroatoms. The molecule has 1 saturated heterocycles. The van der Waals surface area contributed by atoms with E-state index in [0.29, 0.717) is 12.8 Å². The minimum atomic E-state index is -0.175. The molecule has 2 amide bonds. The highest BCUT2D eigenvalue weighted by atomic mass is 16.2. The van der Waals surface area contributed by atoms with E-state index in [1.807, 2.05) is 19.0 Å². The van der Waals surface area contributed by atoms with Crippen molar-refractivity contribution >= 4 is 11.8 Å². The van der Waals surface area contributed by atoms with E-state index in [2.05, 4.69) is 5.32 Å². The first kappa shape index (κ1) is 8.20. The van der Waals surface area contributed by atoms with Gasteiger partial charge in [0, 0.05) is 6.42 Å². The molecule has 1 N–H and O–H groups in total. The molecule has 0 aromatic rings. The zero-order valence-corrected chi connectivity index (χ0v) is 6.76. The zero-order valence-electron chi connectivity index (χ0n) is 6.76. The van der Waals surface area contributed by atoms with Gasteiger partial charge in [0.05, 0.1) is 6.04 Å². The topological polar surface area (TPSA) is 49.4 Å². The van der Waals surface area contributed by atoms with Gasteiger partial charge in [0.2, 0.25) is 11.8 Å². The Bertz CT molecular complexity index is 189. The third-order valence-corrected chi connectivity index (χ3v) is 1.83. The van der Waals surface area contributed by atoms with Gasteiger partial charge < -0.3 is 0 Å². The highest BCUT2D eigenvalue weighted by molar-refractivity contribution is 6.00. The predicted octanol–water partition coefficient (Wildman–Crippen LogP) is -0.647. The van der Waals surface area contributed by atoms with Crippen LogP contribution in [0.1, 0.15) is 12.8 Å². The second kappa shape index (κ2) is 3.00. The molecule has 1 fully saturated rings. The van der Waals surface area contributed by atoms with Crippen molar-refractivity contribution < 1.29 is 9.59 Å². The van der Waals surface area contributed by atoms with Crippen LogP contribution in [0.25, 0.3) is 0 Å². The standard InChI is InChI=1S/C7H12N2O2/c1-9(2)5-3-4-6(10)8-7(5)11/h5H,3-4H2,1-2H3,(H,8,10,11)/t5-/m0/s1. The number of hydrogen-bond acceptors (Lipinski definition) is 3. The summed E-state index contributed by atoms with van der Waals surface area (Å²) in [5.41, 5.74) is 0. The number of carbonyl (C=O) groups excluding carboxylic acids is 2. The van der Waals surface area contributed by atoms with E-state index in [4.69, 9.17) is 0 Å². The van der Waals surface area contributed by atoms with Crippen molar-refractivity contribution in [3.8, 4) is 0 Å². The van der Waals surface area contributed by atoms with Crippen LogP contribution in [0.15, 0.2) is 0 Å². The van der Waals surface area contributed by atoms with E-state index in [9.17, 15) is 9.59 Å². The lowest BCUT2D eigenvalue weighted by Gasteiger charge is -2.26. The van der Waals surface area contributed by atoms with Crippen molar-refractivity contribution in [3.63, 3.8) is 0 Å². The van der Waals surface area contributed by atoms with Gasteiger partial charge in [-0.05, 0) is 20.5 Å². The monoisotopic (exact) mass is 156 g/mol. The summed E-state index contributed by atoms with van der Waals surface area (Å²) in [6.45, 7) is 0. The molecule has 0 saturated carbocycles. The van der Waals surface area contributed by atoms with Crippen LogP contribution in [0.5, 0.6) is 0 Å². The first-order valence-corrected chi connectivity index (χ1v) is 3.61. The molecule has 1 aliphatic heterocycles. The number of piperidine rings is 1. The number of likely N-dealkylation sites (N-methyl/N-ethyl adjacent to an activating group) is 1. The minimum absolute atomic E-state index is 0.132. The summed E-state index contributed by atoms with van der Waals surface area (Å²) in [5.74, 6) is -0.334. The largest absolute Gasteiger partial charge is 0.298 e. The number of imide groups is 1. The van der Waals surface area contributed by atoms with E-state index in [0.717, 1.165) is 0 Å². The average Bonchev–Trinajstić information content (AvgIpc) is 1.85. The van der Waals surface area contributed by atoms with Crippen molar-refractivity contribution in [1.82, 2.24) is 10.2 Å². The molecule has 0 bridgehead atoms. The van der Waals surface area contributed by atoms with Crippen LogP contribution in [0.4, 0.5) is 0 Å². The van der Waals surface area contributed by atoms with Crippen LogP contribution in [0.2, 0.25) is 0 Å². The fourth-order valence-electron chi connectivity index (χ4n) is 1.17. The van der Waals surface area contributed by atoms with Gasteiger partial charge in [0.1, 0.15) is 0 Å². The predicted molar refractivity (Wildman–Crippen MR) is 39.9 cm³/mol. The smallest absolute Gasteiger partial charge is 0.243 e. The number of amides is 2. The quantitative estimate of drug-likeness (QED) is 0.513. The van der Waals surface area contributed by atoms with Crippen molar-refractivity contribution in [1.29, 1.82) is 0 Å². The van der Waals surface area contributed by atoms with E-state index >= 15 is 0 Å². The maximum atomic E-state index is 11.1. The summed E-state index contributed by atoms with van der Waals surface area (Å²) >= 11 is 0. The Balaban J connectivity index is 2.57. The molecule has 0 spiro atoms. The Hall–Kier alpha value is -0.900. The lowest BCUT2D eigenvalue weighted by molar-refractivity contribution is -0.136. The minimum Gasteiger partial charge on any atom is -0.298 e. The summed E-state index contributed by atoms with van der Waals surface area (Å²) in [5, 5.41) is 2.29. The van der Waals surface area contributed by atoms with Crippen LogP contribution in [-0.2, 0) is 9.59 Å². The molecule has 4 nitrogen and oxygen atoms in total. The van der Waals surface area contributed by atoms with Gasteiger partial charge in [-0.25, -0.2) is 0 Å². The number of carbonyl (C=O) groups is 2. The molecule has 1 heterocycles. The first-order chi connectivity index (χ1) is 5.11. The highest BCUT2D eigenvalue weighted by Crippen LogP contribution is 2.08. The molecule has 0 aliphatic carbocycles. The lowest BCUT2D eigenvalue weighted by atomic mass is 10.1. The van der Waals surface area contributed by atoms with Crippen molar-refractivity contribution in [2.45, 2.75) is 18.9 Å². The molecule has 1 rings (SSSR count). The fraction of sp³-hybridized carbons (Fsp3) is 0.714. The van der Waals surface area contributed by atoms with Gasteiger partial charge in [0.15, 0.2) is 0 Å². The number of nitrogens with zero attached hydrogens (tertiary/aromatic N) is 1. The second-order valence-electron chi connectivity index (χ2n) is 2.93. The number of rotatable bonds is 1. The van der Waals surface area contributed by atoms with Crippen molar-refractivity contribution in [2.24, 2.45) is 0 Å². The Morgan fingerprint density at radius 3 is 2.55 bits per heavy atom. The Morgan fingerprint density at radius 2 is 2.09 bits per heavy atom. The maximum absolute atomic E-state index is 11.1.